The summed E-state index contributed by atoms with van der Waals surface area (Å²) in [5.74, 6) is 0. The molecule has 1 aliphatic rings. The summed E-state index contributed by atoms with van der Waals surface area (Å²) in [6.07, 6.45) is -13.2. The molecule has 1 aliphatic carbocycles. The van der Waals surface area contributed by atoms with Crippen molar-refractivity contribution in [2.75, 3.05) is 0 Å². The summed E-state index contributed by atoms with van der Waals surface area (Å²) < 4.78 is 47.6. The van der Waals surface area contributed by atoms with Gasteiger partial charge in [0, 0.05) is 6.42 Å². The maximum Gasteiger partial charge on any atom is 0.470 e. The highest BCUT2D eigenvalue weighted by Crippen LogP contribution is 2.54. The summed E-state index contributed by atoms with van der Waals surface area (Å²) in [5, 5.41) is 31.5. The summed E-state index contributed by atoms with van der Waals surface area (Å²) >= 11 is 0. The van der Waals surface area contributed by atoms with Crippen molar-refractivity contribution >= 4 is 23.5 Å². The number of benzene rings is 1. The molecule has 31 heavy (non-hydrogen) atoms. The molecule has 0 amide bonds. The lowest BCUT2D eigenvalue weighted by atomic mass is 9.72. The molecule has 15 nitrogen and oxygen atoms in total. The Balaban J connectivity index is 2.68. The zero-order valence-electron chi connectivity index (χ0n) is 15.3. The molecule has 9 N–H and O–H groups in total. The fraction of sp³-hybridized carbons (Fsp3) is 0.538. The largest absolute Gasteiger partial charge is 0.470 e. The normalized spacial score (nSPS) is 32.7. The van der Waals surface area contributed by atoms with E-state index in [4.69, 9.17) is 9.79 Å². The third-order valence-electron chi connectivity index (χ3n) is 4.41. The zero-order chi connectivity index (χ0) is 23.8. The molecule has 1 aromatic rings. The van der Waals surface area contributed by atoms with E-state index < -0.39 is 66.0 Å². The van der Waals surface area contributed by atoms with Crippen molar-refractivity contribution in [1.82, 2.24) is 0 Å². The molecule has 2 rings (SSSR count). The first-order valence-electron chi connectivity index (χ1n) is 8.27. The Hall–Kier alpha value is -0.570. The van der Waals surface area contributed by atoms with Gasteiger partial charge in [-0.15, -0.1) is 0 Å². The highest BCUT2D eigenvalue weighted by atomic mass is 31.2. The fourth-order valence-electron chi connectivity index (χ4n) is 3.36. The minimum atomic E-state index is -5.60. The molecule has 0 aliphatic heterocycles. The smallest absolute Gasteiger partial charge is 0.387 e. The summed E-state index contributed by atoms with van der Waals surface area (Å²) in [5.41, 5.74) is -2.75. The van der Waals surface area contributed by atoms with Crippen LogP contribution in [-0.2, 0) is 33.7 Å². The van der Waals surface area contributed by atoms with Crippen LogP contribution in [0.1, 0.15) is 5.56 Å². The Bertz CT molecular complexity index is 893. The molecule has 18 heteroatoms. The Kier molecular flexibility index (Phi) is 8.05. The van der Waals surface area contributed by atoms with Crippen LogP contribution in [0.4, 0.5) is 0 Å². The molecular weight excluding hydrogens is 489 g/mol. The first-order chi connectivity index (χ1) is 14.0. The van der Waals surface area contributed by atoms with Crippen LogP contribution in [-0.4, -0.2) is 80.8 Å². The monoisotopic (exact) mass is 510 g/mol. The lowest BCUT2D eigenvalue weighted by molar-refractivity contribution is -0.254. The second-order valence-electron chi connectivity index (χ2n) is 6.70. The van der Waals surface area contributed by atoms with Crippen molar-refractivity contribution in [2.45, 2.75) is 42.5 Å². The van der Waals surface area contributed by atoms with Crippen LogP contribution >= 0.6 is 23.5 Å². The van der Waals surface area contributed by atoms with Gasteiger partial charge in [-0.05, 0) is 5.56 Å². The Labute approximate surface area is 174 Å². The number of aliphatic hydroxyl groups is 3. The maximum atomic E-state index is 11.7. The maximum absolute atomic E-state index is 11.7. The number of rotatable bonds is 8. The number of aliphatic hydroxyl groups excluding tert-OH is 3. The highest BCUT2D eigenvalue weighted by molar-refractivity contribution is 7.46. The second kappa shape index (κ2) is 9.35. The van der Waals surface area contributed by atoms with Gasteiger partial charge >= 0.3 is 23.5 Å². The Morgan fingerprint density at radius 1 is 0.774 bits per heavy atom. The summed E-state index contributed by atoms with van der Waals surface area (Å²) in [6.45, 7) is 0. The molecule has 0 unspecified atom stereocenters. The van der Waals surface area contributed by atoms with E-state index in [0.717, 1.165) is 0 Å². The molecule has 1 aromatic carbocycles. The third-order valence-corrected chi connectivity index (χ3v) is 6.01. The van der Waals surface area contributed by atoms with Gasteiger partial charge < -0.3 is 44.7 Å². The molecule has 6 atom stereocenters. The quantitative estimate of drug-likeness (QED) is 0.174. The number of phosphoric acid groups is 3. The summed E-state index contributed by atoms with van der Waals surface area (Å²) in [7, 11) is -16.6. The first kappa shape index (κ1) is 26.7. The van der Waals surface area contributed by atoms with Crippen LogP contribution < -0.4 is 0 Å². The number of hydrogen-bond acceptors (Lipinski definition) is 9. The zero-order valence-corrected chi connectivity index (χ0v) is 18.0. The van der Waals surface area contributed by atoms with E-state index in [1.807, 2.05) is 0 Å². The number of phosphoric ester groups is 3. The predicted octanol–water partition coefficient (Wildman–Crippen LogP) is -1.87. The van der Waals surface area contributed by atoms with Crippen molar-refractivity contribution in [1.29, 1.82) is 0 Å². The lowest BCUT2D eigenvalue weighted by Gasteiger charge is -2.52. The predicted molar refractivity (Wildman–Crippen MR) is 97.9 cm³/mol. The molecule has 0 heterocycles. The lowest BCUT2D eigenvalue weighted by Crippen LogP contribution is -2.72. The van der Waals surface area contributed by atoms with E-state index in [-0.39, 0.29) is 5.56 Å². The number of hydrogen-bond donors (Lipinski definition) is 9. The van der Waals surface area contributed by atoms with Crippen molar-refractivity contribution in [3.05, 3.63) is 35.9 Å². The van der Waals surface area contributed by atoms with Gasteiger partial charge in [0.25, 0.3) is 0 Å². The molecule has 0 aromatic heterocycles. The molecule has 1 fully saturated rings. The molecular formula is C13H21O15P3. The average Bonchev–Trinajstić information content (AvgIpc) is 2.59. The van der Waals surface area contributed by atoms with E-state index in [0.29, 0.717) is 0 Å². The molecule has 0 spiro atoms. The average molecular weight is 510 g/mol. The molecule has 1 saturated carbocycles. The van der Waals surface area contributed by atoms with E-state index in [9.17, 15) is 48.6 Å². The van der Waals surface area contributed by atoms with Crippen molar-refractivity contribution in [2.24, 2.45) is 0 Å². The van der Waals surface area contributed by atoms with E-state index in [2.05, 4.69) is 13.6 Å². The minimum absolute atomic E-state index is 0.156. The summed E-state index contributed by atoms with van der Waals surface area (Å²) in [6, 6.07) is 7.20. The van der Waals surface area contributed by atoms with Crippen LogP contribution in [0.5, 0.6) is 0 Å². The van der Waals surface area contributed by atoms with Gasteiger partial charge in [-0.25, -0.2) is 13.7 Å². The van der Waals surface area contributed by atoms with Gasteiger partial charge in [-0.2, -0.15) is 0 Å². The second-order valence-corrected chi connectivity index (χ2v) is 10.3. The fourth-order valence-corrected chi connectivity index (χ4v) is 5.25. The van der Waals surface area contributed by atoms with Gasteiger partial charge in [-0.1, -0.05) is 30.3 Å². The molecule has 0 saturated heterocycles. The SMILES string of the molecule is O=P(O)(O)O[C@H]1[C@H](O)[C@@H](OP(=O)(O)O)[C@](Cc2ccccc2)(OP(=O)(O)O)[C@@H](O)[C@H]1O. The van der Waals surface area contributed by atoms with Crippen molar-refractivity contribution < 1.29 is 71.9 Å². The van der Waals surface area contributed by atoms with Crippen LogP contribution in [0.3, 0.4) is 0 Å². The standard InChI is InChI=1S/C13H21O15P3/c14-8-10(26-29(17,18)19)9(15)12(27-30(20,21)22)13(11(8)16,28-31(23,24)25)6-7-4-2-1-3-5-7/h1-5,8-12,14-16H,6H2,(H2,17,18,19)(H2,20,21,22)(H2,23,24,25)/t8-,9-,10+,11-,12+,13+/m0/s1. The molecule has 0 bridgehead atoms. The third kappa shape index (κ3) is 6.95. The van der Waals surface area contributed by atoms with Crippen molar-refractivity contribution in [3.63, 3.8) is 0 Å². The van der Waals surface area contributed by atoms with Gasteiger partial charge in [0.15, 0.2) is 0 Å². The highest BCUT2D eigenvalue weighted by Gasteiger charge is 2.65. The van der Waals surface area contributed by atoms with Gasteiger partial charge in [0.05, 0.1) is 0 Å². The van der Waals surface area contributed by atoms with E-state index >= 15 is 0 Å². The molecule has 178 valence electrons. The Morgan fingerprint density at radius 3 is 1.74 bits per heavy atom. The first-order valence-corrected chi connectivity index (χ1v) is 12.9. The van der Waals surface area contributed by atoms with Gasteiger partial charge in [-0.3, -0.25) is 13.6 Å². The van der Waals surface area contributed by atoms with Crippen molar-refractivity contribution in [3.8, 4) is 0 Å². The van der Waals surface area contributed by atoms with Crippen LogP contribution in [0.25, 0.3) is 0 Å². The van der Waals surface area contributed by atoms with Crippen LogP contribution in [0, 0.1) is 0 Å². The van der Waals surface area contributed by atoms with Gasteiger partial charge in [0.2, 0.25) is 0 Å². The van der Waals surface area contributed by atoms with E-state index in [1.54, 1.807) is 6.07 Å². The topological polar surface area (TPSA) is 261 Å². The van der Waals surface area contributed by atoms with Crippen LogP contribution in [0.2, 0.25) is 0 Å². The van der Waals surface area contributed by atoms with Gasteiger partial charge in [0.1, 0.15) is 36.1 Å². The van der Waals surface area contributed by atoms with E-state index in [1.165, 1.54) is 24.3 Å². The molecule has 0 radical (unpaired) electrons. The van der Waals surface area contributed by atoms with Crippen LogP contribution in [0.15, 0.2) is 30.3 Å². The summed E-state index contributed by atoms with van der Waals surface area (Å²) in [4.78, 5) is 55.2. The minimum Gasteiger partial charge on any atom is -0.387 e. The Morgan fingerprint density at radius 2 is 1.29 bits per heavy atom.